The summed E-state index contributed by atoms with van der Waals surface area (Å²) in [5.41, 5.74) is 0.702. The second-order valence-electron chi connectivity index (χ2n) is 4.14. The normalized spacial score (nSPS) is 11.1. The summed E-state index contributed by atoms with van der Waals surface area (Å²) < 4.78 is 26.5. The molecular weight excluding hydrogens is 280 g/mol. The summed E-state index contributed by atoms with van der Waals surface area (Å²) in [6.45, 7) is 1.84. The lowest BCUT2D eigenvalue weighted by Crippen LogP contribution is -2.15. The zero-order valence-corrected chi connectivity index (χ0v) is 11.4. The van der Waals surface area contributed by atoms with Crippen molar-refractivity contribution in [2.24, 2.45) is 0 Å². The summed E-state index contributed by atoms with van der Waals surface area (Å²) in [5.74, 6) is -1.23. The largest absolute Gasteiger partial charge is 0.478 e. The summed E-state index contributed by atoms with van der Waals surface area (Å²) in [7, 11) is -3.84. The summed E-state index contributed by atoms with van der Waals surface area (Å²) in [5, 5.41) is 9.01. The molecule has 1 aromatic carbocycles. The Hall–Kier alpha value is -2.41. The van der Waals surface area contributed by atoms with E-state index < -0.39 is 16.0 Å². The molecular formula is C13H12N2O4S. The second-order valence-corrected chi connectivity index (χ2v) is 5.83. The van der Waals surface area contributed by atoms with Crippen LogP contribution in [0.4, 0.5) is 5.69 Å². The van der Waals surface area contributed by atoms with Gasteiger partial charge in [-0.25, -0.2) is 13.2 Å². The van der Waals surface area contributed by atoms with Crippen molar-refractivity contribution in [2.75, 3.05) is 4.72 Å². The van der Waals surface area contributed by atoms with E-state index in [9.17, 15) is 13.2 Å². The fourth-order valence-corrected chi connectivity index (χ4v) is 2.65. The van der Waals surface area contributed by atoms with Crippen LogP contribution in [0.1, 0.15) is 15.9 Å². The van der Waals surface area contributed by atoms with E-state index in [1.54, 1.807) is 12.1 Å². The van der Waals surface area contributed by atoms with Crippen LogP contribution < -0.4 is 4.72 Å². The molecule has 2 N–H and O–H groups in total. The minimum absolute atomic E-state index is 0.0586. The van der Waals surface area contributed by atoms with E-state index in [0.717, 1.165) is 11.8 Å². The van der Waals surface area contributed by atoms with Crippen LogP contribution in [0.5, 0.6) is 0 Å². The number of nitrogens with zero attached hydrogens (tertiary/aromatic N) is 1. The maximum atomic E-state index is 12.2. The van der Waals surface area contributed by atoms with Gasteiger partial charge in [0.15, 0.2) is 0 Å². The van der Waals surface area contributed by atoms with Gasteiger partial charge in [0.2, 0.25) is 0 Å². The van der Waals surface area contributed by atoms with E-state index in [1.165, 1.54) is 24.4 Å². The fraction of sp³-hybridized carbons (Fsp3) is 0.0769. The van der Waals surface area contributed by atoms with Crippen molar-refractivity contribution >= 4 is 21.7 Å². The topological polar surface area (TPSA) is 96.4 Å². The molecule has 0 aliphatic heterocycles. The predicted molar refractivity (Wildman–Crippen MR) is 73.2 cm³/mol. The average molecular weight is 292 g/mol. The molecule has 2 aromatic rings. The maximum absolute atomic E-state index is 12.2. The quantitative estimate of drug-likeness (QED) is 0.897. The molecule has 0 aliphatic carbocycles. The van der Waals surface area contributed by atoms with E-state index in [0.29, 0.717) is 0 Å². The first-order valence-corrected chi connectivity index (χ1v) is 7.15. The van der Waals surface area contributed by atoms with Gasteiger partial charge in [0.1, 0.15) is 0 Å². The van der Waals surface area contributed by atoms with Crippen molar-refractivity contribution in [3.05, 3.63) is 53.9 Å². The van der Waals surface area contributed by atoms with Gasteiger partial charge in [0.05, 0.1) is 22.3 Å². The molecule has 1 heterocycles. The molecule has 0 radical (unpaired) electrons. The van der Waals surface area contributed by atoms with Crippen LogP contribution in [-0.4, -0.2) is 24.5 Å². The Balaban J connectivity index is 2.38. The molecule has 0 fully saturated rings. The molecule has 0 amide bonds. The van der Waals surface area contributed by atoms with Crippen LogP contribution in [0.25, 0.3) is 0 Å². The van der Waals surface area contributed by atoms with Gasteiger partial charge < -0.3 is 5.11 Å². The van der Waals surface area contributed by atoms with Crippen molar-refractivity contribution < 1.29 is 18.3 Å². The number of sulfonamides is 1. The number of rotatable bonds is 4. The molecule has 7 heteroatoms. The van der Waals surface area contributed by atoms with Crippen LogP contribution in [0.15, 0.2) is 47.6 Å². The van der Waals surface area contributed by atoms with Gasteiger partial charge in [-0.15, -0.1) is 0 Å². The molecule has 6 nitrogen and oxygen atoms in total. The second kappa shape index (κ2) is 5.30. The molecule has 0 spiro atoms. The Morgan fingerprint density at radius 1 is 1.20 bits per heavy atom. The lowest BCUT2D eigenvalue weighted by atomic mass is 10.2. The van der Waals surface area contributed by atoms with Gasteiger partial charge in [0, 0.05) is 6.20 Å². The highest BCUT2D eigenvalue weighted by Gasteiger charge is 2.18. The first-order valence-electron chi connectivity index (χ1n) is 5.67. The number of carboxylic acid groups (broad SMARTS) is 1. The van der Waals surface area contributed by atoms with Gasteiger partial charge in [-0.1, -0.05) is 17.7 Å². The average Bonchev–Trinajstić information content (AvgIpc) is 2.39. The number of pyridine rings is 1. The lowest BCUT2D eigenvalue weighted by Gasteiger charge is -2.10. The summed E-state index contributed by atoms with van der Waals surface area (Å²) in [4.78, 5) is 14.8. The predicted octanol–water partition coefficient (Wildman–Crippen LogP) is 1.89. The number of aryl methyl sites for hydroxylation is 1. The van der Waals surface area contributed by atoms with E-state index in [1.807, 2.05) is 6.92 Å². The van der Waals surface area contributed by atoms with E-state index in [2.05, 4.69) is 9.71 Å². The zero-order valence-electron chi connectivity index (χ0n) is 10.6. The van der Waals surface area contributed by atoms with Gasteiger partial charge in [-0.05, 0) is 25.1 Å². The molecule has 0 bridgehead atoms. The highest BCUT2D eigenvalue weighted by molar-refractivity contribution is 7.92. The van der Waals surface area contributed by atoms with Crippen molar-refractivity contribution in [1.29, 1.82) is 0 Å². The fourth-order valence-electron chi connectivity index (χ4n) is 1.58. The number of aromatic carboxylic acids is 1. The molecule has 1 aromatic heterocycles. The number of hydrogen-bond acceptors (Lipinski definition) is 4. The summed E-state index contributed by atoms with van der Waals surface area (Å²) >= 11 is 0. The van der Waals surface area contributed by atoms with Crippen molar-refractivity contribution in [1.82, 2.24) is 4.98 Å². The molecule has 104 valence electrons. The number of nitrogens with one attached hydrogen (secondary N) is 1. The number of hydrogen-bond donors (Lipinski definition) is 2. The first-order chi connectivity index (χ1) is 9.40. The van der Waals surface area contributed by atoms with Crippen LogP contribution in [0, 0.1) is 6.92 Å². The number of carbonyl (C=O) groups is 1. The Morgan fingerprint density at radius 3 is 2.45 bits per heavy atom. The lowest BCUT2D eigenvalue weighted by molar-refractivity contribution is 0.0698. The minimum atomic E-state index is -3.84. The number of aromatic nitrogens is 1. The van der Waals surface area contributed by atoms with Crippen LogP contribution in [0.3, 0.4) is 0 Å². The third kappa shape index (κ3) is 2.94. The number of anilines is 1. The molecule has 0 aliphatic rings. The van der Waals surface area contributed by atoms with E-state index in [-0.39, 0.29) is 16.1 Å². The van der Waals surface area contributed by atoms with Gasteiger partial charge >= 0.3 is 5.97 Å². The van der Waals surface area contributed by atoms with E-state index >= 15 is 0 Å². The molecule has 20 heavy (non-hydrogen) atoms. The van der Waals surface area contributed by atoms with Gasteiger partial charge in [0.25, 0.3) is 10.0 Å². The number of benzene rings is 1. The standard InChI is InChI=1S/C13H12N2O4S/c1-9-2-4-10(5-3-9)20(18,19)15-12-8-14-7-6-11(12)13(16)17/h2-8,15H,1H3,(H,16,17). The Bertz CT molecular complexity index is 739. The SMILES string of the molecule is Cc1ccc(S(=O)(=O)Nc2cnccc2C(=O)O)cc1. The maximum Gasteiger partial charge on any atom is 0.337 e. The molecule has 0 saturated carbocycles. The van der Waals surface area contributed by atoms with Crippen LogP contribution in [-0.2, 0) is 10.0 Å². The number of carboxylic acids is 1. The van der Waals surface area contributed by atoms with Crippen molar-refractivity contribution in [3.8, 4) is 0 Å². The van der Waals surface area contributed by atoms with E-state index in [4.69, 9.17) is 5.11 Å². The third-order valence-corrected chi connectivity index (χ3v) is 4.01. The Labute approximate surface area is 116 Å². The first kappa shape index (κ1) is 14.0. The van der Waals surface area contributed by atoms with Crippen LogP contribution in [0.2, 0.25) is 0 Å². The third-order valence-electron chi connectivity index (χ3n) is 2.63. The summed E-state index contributed by atoms with van der Waals surface area (Å²) in [6, 6.07) is 7.46. The van der Waals surface area contributed by atoms with Crippen molar-refractivity contribution in [2.45, 2.75) is 11.8 Å². The minimum Gasteiger partial charge on any atom is -0.478 e. The van der Waals surface area contributed by atoms with Gasteiger partial charge in [-0.2, -0.15) is 0 Å². The molecule has 0 saturated heterocycles. The molecule has 0 atom stereocenters. The highest BCUT2D eigenvalue weighted by Crippen LogP contribution is 2.19. The Kier molecular flexibility index (Phi) is 3.71. The van der Waals surface area contributed by atoms with Gasteiger partial charge in [-0.3, -0.25) is 9.71 Å². The Morgan fingerprint density at radius 2 is 1.85 bits per heavy atom. The van der Waals surface area contributed by atoms with Crippen molar-refractivity contribution in [3.63, 3.8) is 0 Å². The summed E-state index contributed by atoms with van der Waals surface area (Å²) in [6.07, 6.45) is 2.45. The molecule has 0 unspecified atom stereocenters. The zero-order chi connectivity index (χ0) is 14.8. The molecule has 2 rings (SSSR count). The smallest absolute Gasteiger partial charge is 0.337 e. The van der Waals surface area contributed by atoms with Crippen LogP contribution >= 0.6 is 0 Å². The highest BCUT2D eigenvalue weighted by atomic mass is 32.2. The monoisotopic (exact) mass is 292 g/mol.